The van der Waals surface area contributed by atoms with Gasteiger partial charge in [0.25, 0.3) is 0 Å². The number of aliphatic hydroxyl groups is 3. The van der Waals surface area contributed by atoms with Crippen molar-refractivity contribution in [1.29, 1.82) is 0 Å². The molecule has 0 saturated carbocycles. The first-order valence-electron chi connectivity index (χ1n) is 9.89. The van der Waals surface area contributed by atoms with Crippen LogP contribution in [0.25, 0.3) is 5.69 Å². The fourth-order valence-corrected chi connectivity index (χ4v) is 3.79. The lowest BCUT2D eigenvalue weighted by molar-refractivity contribution is -0.305. The fraction of sp³-hybridized carbons (Fsp3) is 0.571. The summed E-state index contributed by atoms with van der Waals surface area (Å²) in [5.41, 5.74) is -1.54. The molecule has 1 aliphatic rings. The average molecular weight is 427 g/mol. The van der Waals surface area contributed by atoms with Gasteiger partial charge in [0.2, 0.25) is 0 Å². The van der Waals surface area contributed by atoms with Gasteiger partial charge in [-0.3, -0.25) is 4.90 Å². The van der Waals surface area contributed by atoms with Gasteiger partial charge >= 0.3 is 6.18 Å². The number of likely N-dealkylation sites (tertiary alicyclic amines) is 1. The molecule has 2 atom stereocenters. The van der Waals surface area contributed by atoms with Gasteiger partial charge in [0, 0.05) is 36.6 Å². The van der Waals surface area contributed by atoms with Gasteiger partial charge in [-0.1, -0.05) is 12.1 Å². The maximum absolute atomic E-state index is 13.0. The molecular formula is C21H28F3N3O3. The smallest absolute Gasteiger partial charge is 0.386 e. The third-order valence-electron chi connectivity index (χ3n) is 5.89. The molecule has 6 nitrogen and oxygen atoms in total. The summed E-state index contributed by atoms with van der Waals surface area (Å²) in [6.07, 6.45) is -2.46. The summed E-state index contributed by atoms with van der Waals surface area (Å²) in [5.74, 6) is 0.0562. The molecule has 0 spiro atoms. The van der Waals surface area contributed by atoms with Gasteiger partial charge in [0.15, 0.2) is 5.60 Å². The van der Waals surface area contributed by atoms with Gasteiger partial charge in [-0.05, 0) is 51.3 Å². The van der Waals surface area contributed by atoms with E-state index in [-0.39, 0.29) is 19.0 Å². The van der Waals surface area contributed by atoms with Crippen LogP contribution in [0.2, 0.25) is 0 Å². The molecule has 30 heavy (non-hydrogen) atoms. The predicted molar refractivity (Wildman–Crippen MR) is 105 cm³/mol. The SMILES string of the molecule is CC(C)(O)c1ccc(-n2cncc2C2CCN(C(O)[C@@](C)(O)C(F)(F)F)CC2)cc1. The summed E-state index contributed by atoms with van der Waals surface area (Å²) in [5, 5.41) is 30.0. The number of nitrogens with zero attached hydrogens (tertiary/aromatic N) is 3. The van der Waals surface area contributed by atoms with Crippen molar-refractivity contribution in [2.75, 3.05) is 13.1 Å². The molecule has 0 radical (unpaired) electrons. The second kappa shape index (κ2) is 7.96. The zero-order valence-corrected chi connectivity index (χ0v) is 17.3. The van der Waals surface area contributed by atoms with E-state index in [2.05, 4.69) is 4.98 Å². The van der Waals surface area contributed by atoms with E-state index in [4.69, 9.17) is 0 Å². The van der Waals surface area contributed by atoms with Crippen LogP contribution in [-0.4, -0.2) is 60.9 Å². The van der Waals surface area contributed by atoms with Crippen molar-refractivity contribution in [1.82, 2.24) is 14.5 Å². The molecule has 3 N–H and O–H groups in total. The van der Waals surface area contributed by atoms with Crippen LogP contribution in [-0.2, 0) is 5.60 Å². The van der Waals surface area contributed by atoms with E-state index in [0.717, 1.165) is 16.9 Å². The summed E-state index contributed by atoms with van der Waals surface area (Å²) >= 11 is 0. The Bertz CT molecular complexity index is 849. The molecule has 1 unspecified atom stereocenters. The van der Waals surface area contributed by atoms with Crippen LogP contribution in [0.15, 0.2) is 36.8 Å². The van der Waals surface area contributed by atoms with E-state index in [0.29, 0.717) is 19.8 Å². The second-order valence-corrected chi connectivity index (χ2v) is 8.62. The molecule has 1 aromatic heterocycles. The average Bonchev–Trinajstić information content (AvgIpc) is 3.16. The Morgan fingerprint density at radius 3 is 2.10 bits per heavy atom. The van der Waals surface area contributed by atoms with Gasteiger partial charge < -0.3 is 19.9 Å². The van der Waals surface area contributed by atoms with Crippen LogP contribution in [0.3, 0.4) is 0 Å². The van der Waals surface area contributed by atoms with E-state index in [1.165, 1.54) is 4.90 Å². The summed E-state index contributed by atoms with van der Waals surface area (Å²) in [4.78, 5) is 5.50. The van der Waals surface area contributed by atoms with Gasteiger partial charge in [0.1, 0.15) is 6.23 Å². The summed E-state index contributed by atoms with van der Waals surface area (Å²) in [7, 11) is 0. The van der Waals surface area contributed by atoms with Crippen molar-refractivity contribution in [2.45, 2.75) is 63.1 Å². The Hall–Kier alpha value is -1.94. The van der Waals surface area contributed by atoms with Crippen LogP contribution in [0, 0.1) is 0 Å². The third kappa shape index (κ3) is 4.39. The fourth-order valence-electron chi connectivity index (χ4n) is 3.79. The topological polar surface area (TPSA) is 81.8 Å². The number of benzene rings is 1. The molecule has 1 fully saturated rings. The van der Waals surface area contributed by atoms with Crippen molar-refractivity contribution in [3.63, 3.8) is 0 Å². The van der Waals surface area contributed by atoms with Crippen molar-refractivity contribution in [2.24, 2.45) is 0 Å². The first-order valence-corrected chi connectivity index (χ1v) is 9.89. The molecule has 2 heterocycles. The Morgan fingerprint density at radius 1 is 1.03 bits per heavy atom. The van der Waals surface area contributed by atoms with Crippen molar-refractivity contribution >= 4 is 0 Å². The monoisotopic (exact) mass is 427 g/mol. The minimum absolute atomic E-state index is 0.0562. The zero-order valence-electron chi connectivity index (χ0n) is 17.3. The van der Waals surface area contributed by atoms with Crippen LogP contribution in [0.4, 0.5) is 13.2 Å². The van der Waals surface area contributed by atoms with E-state index in [1.54, 1.807) is 26.4 Å². The lowest BCUT2D eigenvalue weighted by atomic mass is 9.91. The summed E-state index contributed by atoms with van der Waals surface area (Å²) in [6.45, 7) is 4.46. The zero-order chi connectivity index (χ0) is 22.3. The van der Waals surface area contributed by atoms with Gasteiger partial charge in [-0.25, -0.2) is 4.98 Å². The number of alkyl halides is 3. The highest BCUT2D eigenvalue weighted by Gasteiger charge is 2.56. The number of rotatable bonds is 5. The molecule has 1 aromatic carbocycles. The van der Waals surface area contributed by atoms with Crippen molar-refractivity contribution in [3.05, 3.63) is 48.0 Å². The number of imidazole rings is 1. The highest BCUT2D eigenvalue weighted by molar-refractivity contribution is 5.38. The molecule has 0 amide bonds. The molecule has 2 aromatic rings. The molecule has 166 valence electrons. The highest BCUT2D eigenvalue weighted by atomic mass is 19.4. The molecular weight excluding hydrogens is 399 g/mol. The van der Waals surface area contributed by atoms with E-state index in [9.17, 15) is 28.5 Å². The van der Waals surface area contributed by atoms with Crippen LogP contribution >= 0.6 is 0 Å². The molecule has 1 aliphatic heterocycles. The number of aromatic nitrogens is 2. The van der Waals surface area contributed by atoms with E-state index in [1.807, 2.05) is 28.8 Å². The number of piperidine rings is 1. The maximum atomic E-state index is 13.0. The van der Waals surface area contributed by atoms with Crippen LogP contribution in [0.5, 0.6) is 0 Å². The highest BCUT2D eigenvalue weighted by Crippen LogP contribution is 2.37. The number of hydrogen-bond acceptors (Lipinski definition) is 5. The van der Waals surface area contributed by atoms with Gasteiger partial charge in [-0.15, -0.1) is 0 Å². The largest absolute Gasteiger partial charge is 0.420 e. The second-order valence-electron chi connectivity index (χ2n) is 8.62. The van der Waals surface area contributed by atoms with Gasteiger partial charge in [0.05, 0.1) is 11.9 Å². The van der Waals surface area contributed by atoms with Crippen molar-refractivity contribution in [3.8, 4) is 5.69 Å². The number of aliphatic hydroxyl groups excluding tert-OH is 1. The minimum Gasteiger partial charge on any atom is -0.386 e. The third-order valence-corrected chi connectivity index (χ3v) is 5.89. The van der Waals surface area contributed by atoms with Crippen molar-refractivity contribution < 1.29 is 28.5 Å². The summed E-state index contributed by atoms with van der Waals surface area (Å²) in [6, 6.07) is 7.46. The molecule has 3 rings (SSSR count). The maximum Gasteiger partial charge on any atom is 0.420 e. The Morgan fingerprint density at radius 2 is 1.60 bits per heavy atom. The first-order chi connectivity index (χ1) is 13.8. The normalized spacial score (nSPS) is 20.2. The Balaban J connectivity index is 1.72. The van der Waals surface area contributed by atoms with E-state index < -0.39 is 23.6 Å². The minimum atomic E-state index is -4.92. The van der Waals surface area contributed by atoms with Crippen LogP contribution in [0.1, 0.15) is 50.8 Å². The standard InChI is InChI=1S/C21H28F3N3O3/c1-19(2,29)15-4-6-16(7-5-15)27-13-25-12-17(27)14-8-10-26(11-9-14)18(28)20(3,30)21(22,23)24/h4-7,12-14,18,28-30H,8-11H2,1-3H3/t18?,20-/m1/s1. The molecule has 0 bridgehead atoms. The molecule has 0 aliphatic carbocycles. The predicted octanol–water partition coefficient (Wildman–Crippen LogP) is 2.91. The quantitative estimate of drug-likeness (QED) is 0.684. The lowest BCUT2D eigenvalue weighted by Gasteiger charge is -2.41. The van der Waals surface area contributed by atoms with Crippen LogP contribution < -0.4 is 0 Å². The molecule has 9 heteroatoms. The Kier molecular flexibility index (Phi) is 6.03. The lowest BCUT2D eigenvalue weighted by Crippen LogP contribution is -2.60. The summed E-state index contributed by atoms with van der Waals surface area (Å²) < 4.78 is 41.0. The van der Waals surface area contributed by atoms with E-state index >= 15 is 0 Å². The molecule has 1 saturated heterocycles. The van der Waals surface area contributed by atoms with Gasteiger partial charge in [-0.2, -0.15) is 13.2 Å². The first kappa shape index (κ1) is 22.7. The Labute approximate surface area is 173 Å². The number of hydrogen-bond donors (Lipinski definition) is 3. The number of halogens is 3.